The molecule has 0 atom stereocenters. The van der Waals surface area contributed by atoms with Crippen LogP contribution in [0, 0.1) is 0 Å². The van der Waals surface area contributed by atoms with Gasteiger partial charge in [0.1, 0.15) is 11.5 Å². The van der Waals surface area contributed by atoms with Crippen molar-refractivity contribution in [2.24, 2.45) is 0 Å². The average Bonchev–Trinajstić information content (AvgIpc) is 2.27. The monoisotopic (exact) mass is 260 g/mol. The van der Waals surface area contributed by atoms with E-state index in [0.29, 0.717) is 25.9 Å². The van der Waals surface area contributed by atoms with Crippen molar-refractivity contribution in [3.63, 3.8) is 0 Å². The first-order valence-corrected chi connectivity index (χ1v) is 5.69. The SMILES string of the molecule is CC(=O)CCCCOc1cccc(C(F)(F)F)c1. The predicted octanol–water partition coefficient (Wildman–Crippen LogP) is 3.84. The Morgan fingerprint density at radius 3 is 2.61 bits per heavy atom. The number of ether oxygens (including phenoxy) is 1. The first-order chi connectivity index (χ1) is 8.39. The van der Waals surface area contributed by atoms with E-state index in [-0.39, 0.29) is 11.5 Å². The standard InChI is InChI=1S/C13H15F3O2/c1-10(17)5-2-3-8-18-12-7-4-6-11(9-12)13(14,15)16/h4,6-7,9H,2-3,5,8H2,1H3. The maximum atomic E-state index is 12.4. The van der Waals surface area contributed by atoms with E-state index in [1.807, 2.05) is 0 Å². The Balaban J connectivity index is 2.41. The van der Waals surface area contributed by atoms with Gasteiger partial charge in [-0.15, -0.1) is 0 Å². The fourth-order valence-electron chi connectivity index (χ4n) is 1.43. The Labute approximate surface area is 104 Å². The Morgan fingerprint density at radius 1 is 1.28 bits per heavy atom. The van der Waals surface area contributed by atoms with E-state index in [0.717, 1.165) is 12.1 Å². The summed E-state index contributed by atoms with van der Waals surface area (Å²) in [6.07, 6.45) is -2.54. The lowest BCUT2D eigenvalue weighted by molar-refractivity contribution is -0.137. The minimum atomic E-state index is -4.35. The molecule has 0 radical (unpaired) electrons. The van der Waals surface area contributed by atoms with Gasteiger partial charge < -0.3 is 9.53 Å². The highest BCUT2D eigenvalue weighted by Gasteiger charge is 2.30. The van der Waals surface area contributed by atoms with E-state index in [1.165, 1.54) is 19.1 Å². The molecule has 0 N–H and O–H groups in total. The first kappa shape index (κ1) is 14.5. The molecule has 0 aliphatic carbocycles. The Morgan fingerprint density at radius 2 is 2.00 bits per heavy atom. The predicted molar refractivity (Wildman–Crippen MR) is 61.5 cm³/mol. The molecular formula is C13H15F3O2. The number of alkyl halides is 3. The quantitative estimate of drug-likeness (QED) is 0.726. The zero-order valence-corrected chi connectivity index (χ0v) is 10.1. The largest absolute Gasteiger partial charge is 0.494 e. The van der Waals surface area contributed by atoms with E-state index < -0.39 is 11.7 Å². The minimum absolute atomic E-state index is 0.106. The summed E-state index contributed by atoms with van der Waals surface area (Å²) in [4.78, 5) is 10.7. The van der Waals surface area contributed by atoms with Gasteiger partial charge >= 0.3 is 6.18 Å². The molecule has 0 bridgehead atoms. The van der Waals surface area contributed by atoms with Gasteiger partial charge in [-0.25, -0.2) is 0 Å². The summed E-state index contributed by atoms with van der Waals surface area (Å²) in [6.45, 7) is 1.82. The molecule has 0 amide bonds. The van der Waals surface area contributed by atoms with Crippen molar-refractivity contribution in [3.8, 4) is 5.75 Å². The lowest BCUT2D eigenvalue weighted by Gasteiger charge is -2.10. The zero-order valence-electron chi connectivity index (χ0n) is 10.1. The van der Waals surface area contributed by atoms with Crippen LogP contribution in [-0.4, -0.2) is 12.4 Å². The Bertz CT molecular complexity index is 399. The fraction of sp³-hybridized carbons (Fsp3) is 0.462. The van der Waals surface area contributed by atoms with Gasteiger partial charge in [-0.3, -0.25) is 0 Å². The van der Waals surface area contributed by atoms with Crippen molar-refractivity contribution in [1.82, 2.24) is 0 Å². The van der Waals surface area contributed by atoms with Crippen LogP contribution in [0.4, 0.5) is 13.2 Å². The first-order valence-electron chi connectivity index (χ1n) is 5.69. The number of rotatable bonds is 6. The molecule has 0 fully saturated rings. The van der Waals surface area contributed by atoms with Gasteiger partial charge in [0, 0.05) is 6.42 Å². The van der Waals surface area contributed by atoms with Crippen molar-refractivity contribution < 1.29 is 22.7 Å². The summed E-state index contributed by atoms with van der Waals surface area (Å²) in [5, 5.41) is 0. The van der Waals surface area contributed by atoms with Crippen LogP contribution in [-0.2, 0) is 11.0 Å². The van der Waals surface area contributed by atoms with Gasteiger partial charge in [-0.05, 0) is 38.0 Å². The maximum Gasteiger partial charge on any atom is 0.416 e. The molecule has 0 aliphatic rings. The number of benzene rings is 1. The van der Waals surface area contributed by atoms with Gasteiger partial charge in [-0.2, -0.15) is 13.2 Å². The smallest absolute Gasteiger partial charge is 0.416 e. The molecule has 0 saturated carbocycles. The van der Waals surface area contributed by atoms with Crippen LogP contribution in [0.5, 0.6) is 5.75 Å². The van der Waals surface area contributed by atoms with Crippen LogP contribution in [0.25, 0.3) is 0 Å². The normalized spacial score (nSPS) is 11.3. The van der Waals surface area contributed by atoms with E-state index in [2.05, 4.69) is 0 Å². The highest BCUT2D eigenvalue weighted by Crippen LogP contribution is 2.31. The number of hydrogen-bond acceptors (Lipinski definition) is 2. The molecule has 0 unspecified atom stereocenters. The number of ketones is 1. The van der Waals surface area contributed by atoms with E-state index in [1.54, 1.807) is 0 Å². The van der Waals surface area contributed by atoms with Gasteiger partial charge in [0.15, 0.2) is 0 Å². The van der Waals surface area contributed by atoms with Gasteiger partial charge in [0.2, 0.25) is 0 Å². The van der Waals surface area contributed by atoms with Crippen molar-refractivity contribution in [2.45, 2.75) is 32.4 Å². The summed E-state index contributed by atoms with van der Waals surface area (Å²) < 4.78 is 42.4. The molecule has 0 saturated heterocycles. The minimum Gasteiger partial charge on any atom is -0.494 e. The average molecular weight is 260 g/mol. The molecule has 2 nitrogen and oxygen atoms in total. The highest BCUT2D eigenvalue weighted by atomic mass is 19.4. The number of hydrogen-bond donors (Lipinski definition) is 0. The molecule has 18 heavy (non-hydrogen) atoms. The van der Waals surface area contributed by atoms with Gasteiger partial charge in [0.05, 0.1) is 12.2 Å². The number of carbonyl (C=O) groups excluding carboxylic acids is 1. The van der Waals surface area contributed by atoms with E-state index in [9.17, 15) is 18.0 Å². The Hall–Kier alpha value is -1.52. The van der Waals surface area contributed by atoms with Crippen LogP contribution in [0.3, 0.4) is 0 Å². The molecule has 1 rings (SSSR count). The molecule has 0 spiro atoms. The zero-order chi connectivity index (χ0) is 13.6. The molecule has 1 aromatic carbocycles. The van der Waals surface area contributed by atoms with Crippen LogP contribution in [0.2, 0.25) is 0 Å². The van der Waals surface area contributed by atoms with Crippen LogP contribution in [0.1, 0.15) is 31.7 Å². The maximum absolute atomic E-state index is 12.4. The summed E-state index contributed by atoms with van der Waals surface area (Å²) in [5.74, 6) is 0.307. The second kappa shape index (κ2) is 6.42. The lowest BCUT2D eigenvalue weighted by atomic mass is 10.2. The molecule has 0 aliphatic heterocycles. The number of halogens is 3. The highest BCUT2D eigenvalue weighted by molar-refractivity contribution is 5.75. The number of carbonyl (C=O) groups is 1. The summed E-state index contributed by atoms with van der Waals surface area (Å²) in [6, 6.07) is 4.78. The molecular weight excluding hydrogens is 245 g/mol. The summed E-state index contributed by atoms with van der Waals surface area (Å²) in [5.41, 5.74) is -0.719. The molecule has 100 valence electrons. The summed E-state index contributed by atoms with van der Waals surface area (Å²) in [7, 11) is 0. The third-order valence-corrected chi connectivity index (χ3v) is 2.35. The number of Topliss-reactive ketones (excluding diaryl/α,β-unsaturated/α-hetero) is 1. The third-order valence-electron chi connectivity index (χ3n) is 2.35. The number of unbranched alkanes of at least 4 members (excludes halogenated alkanes) is 1. The molecule has 0 heterocycles. The summed E-state index contributed by atoms with van der Waals surface area (Å²) >= 11 is 0. The van der Waals surface area contributed by atoms with Crippen molar-refractivity contribution >= 4 is 5.78 Å². The van der Waals surface area contributed by atoms with Gasteiger partial charge in [0.25, 0.3) is 0 Å². The van der Waals surface area contributed by atoms with Crippen LogP contribution >= 0.6 is 0 Å². The van der Waals surface area contributed by atoms with E-state index in [4.69, 9.17) is 4.74 Å². The lowest BCUT2D eigenvalue weighted by Crippen LogP contribution is -2.05. The third kappa shape index (κ3) is 5.21. The van der Waals surface area contributed by atoms with Crippen LogP contribution in [0.15, 0.2) is 24.3 Å². The molecule has 0 aromatic heterocycles. The van der Waals surface area contributed by atoms with Crippen LogP contribution < -0.4 is 4.74 Å². The van der Waals surface area contributed by atoms with Crippen molar-refractivity contribution in [3.05, 3.63) is 29.8 Å². The fourth-order valence-corrected chi connectivity index (χ4v) is 1.43. The molecule has 1 aromatic rings. The second-order valence-corrected chi connectivity index (χ2v) is 4.03. The van der Waals surface area contributed by atoms with Crippen molar-refractivity contribution in [1.29, 1.82) is 0 Å². The topological polar surface area (TPSA) is 26.3 Å². The molecule has 5 heteroatoms. The second-order valence-electron chi connectivity index (χ2n) is 4.03. The van der Waals surface area contributed by atoms with Gasteiger partial charge in [-0.1, -0.05) is 6.07 Å². The van der Waals surface area contributed by atoms with E-state index >= 15 is 0 Å². The Kier molecular flexibility index (Phi) is 5.19. The van der Waals surface area contributed by atoms with Crippen molar-refractivity contribution in [2.75, 3.05) is 6.61 Å².